The Morgan fingerprint density at radius 2 is 1.62 bits per heavy atom. The first-order chi connectivity index (χ1) is 7.10. The van der Waals surface area contributed by atoms with Crippen molar-refractivity contribution >= 4 is 14.4 Å². The lowest BCUT2D eigenvalue weighted by Gasteiger charge is -2.32. The Balaban J connectivity index is 2.49. The molecular formula is C10H21B2O4. The summed E-state index contributed by atoms with van der Waals surface area (Å²) in [6.07, 6.45) is 0. The SMILES string of the molecule is CC(C)(CO)O[B]B1OC(C)(C)C(C)(C)O1. The molecule has 0 aromatic heterocycles. The van der Waals surface area contributed by atoms with Crippen molar-refractivity contribution in [3.63, 3.8) is 0 Å². The minimum Gasteiger partial charge on any atom is -0.436 e. The lowest BCUT2D eigenvalue weighted by atomic mass is 9.56. The van der Waals surface area contributed by atoms with Gasteiger partial charge in [0.1, 0.15) is 0 Å². The van der Waals surface area contributed by atoms with Crippen LogP contribution in [-0.4, -0.2) is 42.9 Å². The normalized spacial score (nSPS) is 23.6. The topological polar surface area (TPSA) is 47.9 Å². The molecule has 0 amide bonds. The van der Waals surface area contributed by atoms with E-state index < -0.39 is 12.6 Å². The second-order valence-corrected chi connectivity index (χ2v) is 5.80. The third kappa shape index (κ3) is 3.00. The van der Waals surface area contributed by atoms with Crippen LogP contribution in [0.25, 0.3) is 0 Å². The smallest absolute Gasteiger partial charge is 0.436 e. The van der Waals surface area contributed by atoms with Crippen LogP contribution in [0, 0.1) is 0 Å². The van der Waals surface area contributed by atoms with Crippen LogP contribution in [0.1, 0.15) is 41.5 Å². The van der Waals surface area contributed by atoms with E-state index in [2.05, 4.69) is 0 Å². The molecule has 0 bridgehead atoms. The van der Waals surface area contributed by atoms with E-state index >= 15 is 0 Å². The Kier molecular flexibility index (Phi) is 3.80. The highest BCUT2D eigenvalue weighted by atomic mass is 16.7. The van der Waals surface area contributed by atoms with E-state index in [9.17, 15) is 0 Å². The summed E-state index contributed by atoms with van der Waals surface area (Å²) in [6, 6.07) is 0. The van der Waals surface area contributed by atoms with Crippen molar-refractivity contribution in [2.75, 3.05) is 6.61 Å². The zero-order chi connectivity index (χ0) is 12.6. The van der Waals surface area contributed by atoms with Crippen molar-refractivity contribution in [1.82, 2.24) is 0 Å². The molecule has 1 rings (SSSR count). The van der Waals surface area contributed by atoms with Crippen LogP contribution in [-0.2, 0) is 14.0 Å². The molecule has 1 N–H and O–H groups in total. The monoisotopic (exact) mass is 227 g/mol. The van der Waals surface area contributed by atoms with Gasteiger partial charge in [-0.1, -0.05) is 0 Å². The van der Waals surface area contributed by atoms with Crippen LogP contribution in [0.2, 0.25) is 0 Å². The minimum atomic E-state index is -0.608. The summed E-state index contributed by atoms with van der Waals surface area (Å²) in [6.45, 7) is 11.5. The molecule has 91 valence electrons. The first kappa shape index (κ1) is 14.0. The first-order valence-corrected chi connectivity index (χ1v) is 5.57. The van der Waals surface area contributed by atoms with E-state index in [-0.39, 0.29) is 17.8 Å². The van der Waals surface area contributed by atoms with Gasteiger partial charge in [0.05, 0.1) is 23.4 Å². The largest absolute Gasteiger partial charge is 0.439 e. The number of rotatable bonds is 4. The molecule has 0 atom stereocenters. The van der Waals surface area contributed by atoms with Gasteiger partial charge in [-0.05, 0) is 41.5 Å². The van der Waals surface area contributed by atoms with Crippen molar-refractivity contribution < 1.29 is 19.1 Å². The van der Waals surface area contributed by atoms with Crippen LogP contribution in [0.4, 0.5) is 0 Å². The summed E-state index contributed by atoms with van der Waals surface area (Å²) in [4.78, 5) is 0. The third-order valence-electron chi connectivity index (χ3n) is 3.15. The molecule has 0 aromatic carbocycles. The van der Waals surface area contributed by atoms with Gasteiger partial charge in [0.25, 0.3) is 0 Å². The van der Waals surface area contributed by atoms with Crippen LogP contribution in [0.5, 0.6) is 0 Å². The van der Waals surface area contributed by atoms with Crippen LogP contribution in [0.3, 0.4) is 0 Å². The second-order valence-electron chi connectivity index (χ2n) is 5.80. The maximum absolute atomic E-state index is 9.05. The molecule has 4 nitrogen and oxygen atoms in total. The molecule has 1 aliphatic rings. The summed E-state index contributed by atoms with van der Waals surface area (Å²) in [5, 5.41) is 9.05. The molecule has 1 heterocycles. The molecular weight excluding hydrogens is 206 g/mol. The first-order valence-electron chi connectivity index (χ1n) is 5.57. The number of hydrogen-bond donors (Lipinski definition) is 1. The highest BCUT2D eigenvalue weighted by Gasteiger charge is 2.51. The third-order valence-corrected chi connectivity index (χ3v) is 3.15. The van der Waals surface area contributed by atoms with Gasteiger partial charge in [-0.15, -0.1) is 0 Å². The van der Waals surface area contributed by atoms with Gasteiger partial charge in [-0.3, -0.25) is 0 Å². The highest BCUT2D eigenvalue weighted by molar-refractivity contribution is 7.03. The second kappa shape index (κ2) is 4.33. The van der Waals surface area contributed by atoms with E-state index in [0.29, 0.717) is 0 Å². The fourth-order valence-electron chi connectivity index (χ4n) is 1.22. The molecule has 0 aliphatic carbocycles. The molecule has 0 unspecified atom stereocenters. The van der Waals surface area contributed by atoms with Gasteiger partial charge in [0, 0.05) is 0 Å². The zero-order valence-corrected chi connectivity index (χ0v) is 11.0. The Morgan fingerprint density at radius 1 is 1.19 bits per heavy atom. The molecule has 1 saturated heterocycles. The van der Waals surface area contributed by atoms with Crippen LogP contribution < -0.4 is 0 Å². The molecule has 6 heteroatoms. The predicted molar refractivity (Wildman–Crippen MR) is 64.1 cm³/mol. The molecule has 1 radical (unpaired) electrons. The fraction of sp³-hybridized carbons (Fsp3) is 1.00. The van der Waals surface area contributed by atoms with Crippen molar-refractivity contribution in [3.8, 4) is 0 Å². The Morgan fingerprint density at radius 3 is 2.00 bits per heavy atom. The number of aliphatic hydroxyl groups is 1. The molecule has 1 fully saturated rings. The Bertz CT molecular complexity index is 237. The standard InChI is InChI=1S/C10H21B2O4/c1-8(2,7-13)14-11-12-15-9(3,4)10(5,6)16-12/h13H,7H2,1-6H3. The highest BCUT2D eigenvalue weighted by Crippen LogP contribution is 2.36. The van der Waals surface area contributed by atoms with E-state index in [1.165, 1.54) is 7.37 Å². The van der Waals surface area contributed by atoms with Crippen LogP contribution >= 0.6 is 0 Å². The molecule has 0 saturated carbocycles. The summed E-state index contributed by atoms with van der Waals surface area (Å²) < 4.78 is 16.9. The van der Waals surface area contributed by atoms with E-state index in [0.717, 1.165) is 0 Å². The minimum absolute atomic E-state index is 0.0526. The van der Waals surface area contributed by atoms with Crippen molar-refractivity contribution in [2.45, 2.75) is 58.3 Å². The van der Waals surface area contributed by atoms with Crippen molar-refractivity contribution in [3.05, 3.63) is 0 Å². The lowest BCUT2D eigenvalue weighted by molar-refractivity contribution is 0.00578. The van der Waals surface area contributed by atoms with E-state index in [1.54, 1.807) is 13.8 Å². The molecule has 1 aliphatic heterocycles. The average Bonchev–Trinajstić information content (AvgIpc) is 2.33. The van der Waals surface area contributed by atoms with Gasteiger partial charge in [-0.25, -0.2) is 0 Å². The van der Waals surface area contributed by atoms with Crippen molar-refractivity contribution in [1.29, 1.82) is 0 Å². The molecule has 16 heavy (non-hydrogen) atoms. The quantitative estimate of drug-likeness (QED) is 0.727. The Labute approximate surface area is 99.1 Å². The summed E-state index contributed by atoms with van der Waals surface area (Å²) in [5.41, 5.74) is -1.33. The predicted octanol–water partition coefficient (Wildman–Crippen LogP) is 0.982. The number of hydrogen-bond acceptors (Lipinski definition) is 4. The maximum atomic E-state index is 9.05. The van der Waals surface area contributed by atoms with E-state index in [4.69, 9.17) is 19.1 Å². The zero-order valence-electron chi connectivity index (χ0n) is 11.0. The summed E-state index contributed by atoms with van der Waals surface area (Å²) in [7, 11) is 1.02. The molecule has 0 spiro atoms. The van der Waals surface area contributed by atoms with Gasteiger partial charge in [0.2, 0.25) is 0 Å². The average molecular weight is 227 g/mol. The Hall–Kier alpha value is -0.0301. The summed E-state index contributed by atoms with van der Waals surface area (Å²) >= 11 is 0. The maximum Gasteiger partial charge on any atom is 0.439 e. The van der Waals surface area contributed by atoms with Crippen LogP contribution in [0.15, 0.2) is 0 Å². The van der Waals surface area contributed by atoms with Gasteiger partial charge in [-0.2, -0.15) is 0 Å². The number of aliphatic hydroxyl groups excluding tert-OH is 1. The van der Waals surface area contributed by atoms with Gasteiger partial charge in [0.15, 0.2) is 0 Å². The van der Waals surface area contributed by atoms with Gasteiger partial charge < -0.3 is 19.1 Å². The summed E-state index contributed by atoms with van der Waals surface area (Å²) in [5.74, 6) is 0. The van der Waals surface area contributed by atoms with Crippen molar-refractivity contribution in [2.24, 2.45) is 0 Å². The van der Waals surface area contributed by atoms with Gasteiger partial charge >= 0.3 is 14.4 Å². The van der Waals surface area contributed by atoms with E-state index in [1.807, 2.05) is 27.7 Å². The fourth-order valence-corrected chi connectivity index (χ4v) is 1.22. The lowest BCUT2D eigenvalue weighted by Crippen LogP contribution is -2.41. The molecule has 0 aromatic rings.